The SMILES string of the molecule is O=C(NC(CC(O)CO)C(O)c1cc(F)ccc1F)OCc1ccccc1. The van der Waals surface area contributed by atoms with E-state index in [1.165, 1.54) is 0 Å². The summed E-state index contributed by atoms with van der Waals surface area (Å²) in [6.07, 6.45) is -4.15. The van der Waals surface area contributed by atoms with Crippen molar-refractivity contribution in [3.05, 3.63) is 71.3 Å². The lowest BCUT2D eigenvalue weighted by atomic mass is 9.97. The van der Waals surface area contributed by atoms with Gasteiger partial charge in [-0.3, -0.25) is 0 Å². The molecule has 2 aromatic rings. The quantitative estimate of drug-likeness (QED) is 0.561. The molecule has 0 spiro atoms. The van der Waals surface area contributed by atoms with Crippen LogP contribution in [0.15, 0.2) is 48.5 Å². The van der Waals surface area contributed by atoms with Crippen molar-refractivity contribution in [2.45, 2.75) is 31.3 Å². The lowest BCUT2D eigenvalue weighted by molar-refractivity contribution is 0.0437. The average Bonchev–Trinajstić information content (AvgIpc) is 2.67. The van der Waals surface area contributed by atoms with Crippen LogP contribution in [0.4, 0.5) is 13.6 Å². The molecule has 3 atom stereocenters. The Morgan fingerprint density at radius 1 is 1.11 bits per heavy atom. The first-order chi connectivity index (χ1) is 12.9. The molecule has 0 radical (unpaired) electrons. The van der Waals surface area contributed by atoms with Crippen LogP contribution in [-0.2, 0) is 11.3 Å². The first-order valence-electron chi connectivity index (χ1n) is 8.30. The number of carbonyl (C=O) groups excluding carboxylic acids is 1. The molecule has 146 valence electrons. The zero-order chi connectivity index (χ0) is 19.8. The van der Waals surface area contributed by atoms with E-state index in [0.29, 0.717) is 0 Å². The highest BCUT2D eigenvalue weighted by Crippen LogP contribution is 2.24. The number of aliphatic hydroxyl groups is 3. The number of alkyl carbamates (subject to hydrolysis) is 1. The molecule has 0 aromatic heterocycles. The van der Waals surface area contributed by atoms with Crippen LogP contribution >= 0.6 is 0 Å². The predicted molar refractivity (Wildman–Crippen MR) is 92.6 cm³/mol. The minimum atomic E-state index is -1.66. The highest BCUT2D eigenvalue weighted by molar-refractivity contribution is 5.67. The fraction of sp³-hybridized carbons (Fsp3) is 0.316. The van der Waals surface area contributed by atoms with Gasteiger partial charge in [-0.25, -0.2) is 13.6 Å². The third-order valence-electron chi connectivity index (χ3n) is 3.91. The number of benzene rings is 2. The van der Waals surface area contributed by atoms with E-state index in [2.05, 4.69) is 5.32 Å². The molecule has 0 aliphatic rings. The second kappa shape index (κ2) is 9.96. The van der Waals surface area contributed by atoms with Gasteiger partial charge in [-0.15, -0.1) is 0 Å². The van der Waals surface area contributed by atoms with Gasteiger partial charge in [-0.05, 0) is 30.2 Å². The van der Waals surface area contributed by atoms with E-state index < -0.39 is 42.6 Å². The summed E-state index contributed by atoms with van der Waals surface area (Å²) in [5, 5.41) is 31.4. The molecular formula is C19H21F2NO5. The van der Waals surface area contributed by atoms with Crippen molar-refractivity contribution < 1.29 is 33.6 Å². The summed E-state index contributed by atoms with van der Waals surface area (Å²) in [6.45, 7) is -0.665. The summed E-state index contributed by atoms with van der Waals surface area (Å²) in [7, 11) is 0. The van der Waals surface area contributed by atoms with Crippen LogP contribution in [0.5, 0.6) is 0 Å². The topological polar surface area (TPSA) is 99.0 Å². The van der Waals surface area contributed by atoms with Crippen LogP contribution in [-0.4, -0.2) is 40.2 Å². The smallest absolute Gasteiger partial charge is 0.407 e. The van der Waals surface area contributed by atoms with Crippen molar-refractivity contribution in [2.75, 3.05) is 6.61 Å². The number of aliphatic hydroxyl groups excluding tert-OH is 3. The molecule has 0 aliphatic carbocycles. The normalized spacial score (nSPS) is 14.3. The summed E-state index contributed by atoms with van der Waals surface area (Å²) in [5.74, 6) is -1.63. The van der Waals surface area contributed by atoms with E-state index in [4.69, 9.17) is 9.84 Å². The molecule has 6 nitrogen and oxygen atoms in total. The molecule has 0 heterocycles. The molecule has 0 saturated heterocycles. The molecule has 0 bridgehead atoms. The third kappa shape index (κ3) is 6.28. The lowest BCUT2D eigenvalue weighted by Gasteiger charge is -2.26. The fourth-order valence-electron chi connectivity index (χ4n) is 2.51. The van der Waals surface area contributed by atoms with E-state index in [9.17, 15) is 23.8 Å². The van der Waals surface area contributed by atoms with Crippen LogP contribution in [0.25, 0.3) is 0 Å². The lowest BCUT2D eigenvalue weighted by Crippen LogP contribution is -2.42. The van der Waals surface area contributed by atoms with Crippen molar-refractivity contribution in [3.63, 3.8) is 0 Å². The van der Waals surface area contributed by atoms with E-state index in [0.717, 1.165) is 23.8 Å². The minimum Gasteiger partial charge on any atom is -0.445 e. The Balaban J connectivity index is 2.08. The monoisotopic (exact) mass is 381 g/mol. The Labute approximate surface area is 155 Å². The Hall–Kier alpha value is -2.55. The summed E-state index contributed by atoms with van der Waals surface area (Å²) in [5.41, 5.74) is 0.352. The Morgan fingerprint density at radius 3 is 2.48 bits per heavy atom. The van der Waals surface area contributed by atoms with Crippen LogP contribution in [0.1, 0.15) is 23.7 Å². The second-order valence-electron chi connectivity index (χ2n) is 6.00. The van der Waals surface area contributed by atoms with Crippen molar-refractivity contribution in [1.82, 2.24) is 5.32 Å². The zero-order valence-electron chi connectivity index (χ0n) is 14.4. The Kier molecular flexibility index (Phi) is 7.66. The number of ether oxygens (including phenoxy) is 1. The molecule has 27 heavy (non-hydrogen) atoms. The van der Waals surface area contributed by atoms with E-state index in [1.54, 1.807) is 30.3 Å². The van der Waals surface area contributed by atoms with Crippen LogP contribution < -0.4 is 5.32 Å². The molecule has 2 rings (SSSR count). The molecule has 0 saturated carbocycles. The first-order valence-corrected chi connectivity index (χ1v) is 8.30. The molecule has 1 amide bonds. The summed E-state index contributed by atoms with van der Waals surface area (Å²) >= 11 is 0. The standard InChI is InChI=1S/C19H21F2NO5/c20-13-6-7-16(21)15(8-13)18(25)17(9-14(24)10-23)22-19(26)27-11-12-4-2-1-3-5-12/h1-8,14,17-18,23-25H,9-11H2,(H,22,26). The van der Waals surface area contributed by atoms with Gasteiger partial charge in [0.15, 0.2) is 0 Å². The molecule has 3 unspecified atom stereocenters. The van der Waals surface area contributed by atoms with Crippen molar-refractivity contribution in [3.8, 4) is 0 Å². The molecule has 2 aromatic carbocycles. The van der Waals surface area contributed by atoms with Crippen LogP contribution in [0, 0.1) is 11.6 Å². The maximum absolute atomic E-state index is 13.9. The van der Waals surface area contributed by atoms with Gasteiger partial charge in [0.05, 0.1) is 18.8 Å². The summed E-state index contributed by atoms with van der Waals surface area (Å²) < 4.78 is 32.4. The van der Waals surface area contributed by atoms with Gasteiger partial charge in [0.25, 0.3) is 0 Å². The minimum absolute atomic E-state index is 0.0353. The molecule has 0 fully saturated rings. The van der Waals surface area contributed by atoms with Gasteiger partial charge < -0.3 is 25.4 Å². The van der Waals surface area contributed by atoms with Crippen LogP contribution in [0.2, 0.25) is 0 Å². The number of hydrogen-bond acceptors (Lipinski definition) is 5. The van der Waals surface area contributed by atoms with Gasteiger partial charge in [0, 0.05) is 5.56 Å². The Morgan fingerprint density at radius 2 is 1.81 bits per heavy atom. The number of carbonyl (C=O) groups is 1. The highest BCUT2D eigenvalue weighted by atomic mass is 19.1. The summed E-state index contributed by atoms with van der Waals surface area (Å²) in [6, 6.07) is 10.2. The van der Waals surface area contributed by atoms with E-state index in [1.807, 2.05) is 0 Å². The molecule has 4 N–H and O–H groups in total. The number of amides is 1. The van der Waals surface area contributed by atoms with Gasteiger partial charge >= 0.3 is 6.09 Å². The van der Waals surface area contributed by atoms with Gasteiger partial charge in [0.2, 0.25) is 0 Å². The average molecular weight is 381 g/mol. The third-order valence-corrected chi connectivity index (χ3v) is 3.91. The van der Waals surface area contributed by atoms with Gasteiger partial charge in [-0.1, -0.05) is 30.3 Å². The molecule has 0 aliphatic heterocycles. The maximum Gasteiger partial charge on any atom is 0.407 e. The van der Waals surface area contributed by atoms with E-state index in [-0.39, 0.29) is 18.6 Å². The van der Waals surface area contributed by atoms with Crippen molar-refractivity contribution in [2.24, 2.45) is 0 Å². The van der Waals surface area contributed by atoms with E-state index >= 15 is 0 Å². The van der Waals surface area contributed by atoms with Crippen molar-refractivity contribution >= 4 is 6.09 Å². The number of rotatable bonds is 8. The first kappa shape index (κ1) is 20.8. The second-order valence-corrected chi connectivity index (χ2v) is 6.00. The summed E-state index contributed by atoms with van der Waals surface area (Å²) in [4.78, 5) is 12.0. The van der Waals surface area contributed by atoms with Crippen molar-refractivity contribution in [1.29, 1.82) is 0 Å². The van der Waals surface area contributed by atoms with Gasteiger partial charge in [-0.2, -0.15) is 0 Å². The largest absolute Gasteiger partial charge is 0.445 e. The van der Waals surface area contributed by atoms with Gasteiger partial charge in [0.1, 0.15) is 24.3 Å². The Bertz CT molecular complexity index is 744. The predicted octanol–water partition coefficient (Wildman–Crippen LogP) is 2.04. The fourth-order valence-corrected chi connectivity index (χ4v) is 2.51. The molecule has 8 heteroatoms. The highest BCUT2D eigenvalue weighted by Gasteiger charge is 2.28. The number of nitrogens with one attached hydrogen (secondary N) is 1. The maximum atomic E-state index is 13.9. The number of halogens is 2. The van der Waals surface area contributed by atoms with Crippen LogP contribution in [0.3, 0.4) is 0 Å². The molecular weight excluding hydrogens is 360 g/mol. The zero-order valence-corrected chi connectivity index (χ0v) is 14.4. The number of hydrogen-bond donors (Lipinski definition) is 4.